The molecule has 0 radical (unpaired) electrons. The van der Waals surface area contributed by atoms with E-state index >= 15 is 0 Å². The molecule has 6 nitrogen and oxygen atoms in total. The zero-order valence-electron chi connectivity index (χ0n) is 14.0. The third kappa shape index (κ3) is 7.48. The molecule has 0 aliphatic carbocycles. The van der Waals surface area contributed by atoms with Gasteiger partial charge in [0.2, 0.25) is 17.7 Å². The Hall–Kier alpha value is -2.88. The average molecular weight is 347 g/mol. The van der Waals surface area contributed by atoms with Crippen molar-refractivity contribution in [1.82, 2.24) is 10.6 Å². The fourth-order valence-corrected chi connectivity index (χ4v) is 2.32. The highest BCUT2D eigenvalue weighted by Crippen LogP contribution is 2.08. The van der Waals surface area contributed by atoms with Gasteiger partial charge in [-0.05, 0) is 30.5 Å². The maximum absolute atomic E-state index is 13.3. The monoisotopic (exact) mass is 347 g/mol. The summed E-state index contributed by atoms with van der Waals surface area (Å²) in [6.45, 7) is 1.27. The summed E-state index contributed by atoms with van der Waals surface area (Å²) in [5, 5.41) is 5.03. The van der Waals surface area contributed by atoms with E-state index in [1.807, 2.05) is 0 Å². The number of benzene rings is 1. The van der Waals surface area contributed by atoms with Crippen LogP contribution < -0.4 is 16.4 Å². The van der Waals surface area contributed by atoms with E-state index in [0.29, 0.717) is 24.8 Å². The number of carbonyl (C=O) groups excluding carboxylic acids is 3. The van der Waals surface area contributed by atoms with E-state index in [0.717, 1.165) is 0 Å². The molecule has 134 valence electrons. The van der Waals surface area contributed by atoms with Crippen LogP contribution in [0, 0.1) is 18.2 Å². The summed E-state index contributed by atoms with van der Waals surface area (Å²) in [4.78, 5) is 35.3. The zero-order valence-corrected chi connectivity index (χ0v) is 14.0. The highest BCUT2D eigenvalue weighted by Gasteiger charge is 2.25. The maximum Gasteiger partial charge on any atom is 0.243 e. The number of nitrogens with two attached hydrogens (primary N) is 1. The number of carbonyl (C=O) groups is 3. The van der Waals surface area contributed by atoms with E-state index in [1.165, 1.54) is 25.1 Å². The molecular weight excluding hydrogens is 325 g/mol. The molecule has 0 fully saturated rings. The number of unbranched alkanes of at least 4 members (excludes halogenated alkanes) is 1. The van der Waals surface area contributed by atoms with E-state index in [4.69, 9.17) is 12.2 Å². The molecule has 0 aliphatic heterocycles. The summed E-state index contributed by atoms with van der Waals surface area (Å²) in [6.07, 6.45) is 6.53. The molecule has 25 heavy (non-hydrogen) atoms. The Labute approximate surface area is 146 Å². The topological polar surface area (TPSA) is 101 Å². The number of rotatable bonds is 9. The summed E-state index contributed by atoms with van der Waals surface area (Å²) < 4.78 is 13.3. The van der Waals surface area contributed by atoms with Crippen molar-refractivity contribution in [3.63, 3.8) is 0 Å². The van der Waals surface area contributed by atoms with E-state index < -0.39 is 35.6 Å². The van der Waals surface area contributed by atoms with Crippen LogP contribution in [0.25, 0.3) is 0 Å². The van der Waals surface area contributed by atoms with Gasteiger partial charge in [-0.1, -0.05) is 12.1 Å². The fraction of sp³-hybridized carbons (Fsp3) is 0.389. The molecule has 0 aliphatic rings. The van der Waals surface area contributed by atoms with Crippen molar-refractivity contribution in [2.45, 2.75) is 44.7 Å². The summed E-state index contributed by atoms with van der Waals surface area (Å²) in [7, 11) is 0. The third-order valence-electron chi connectivity index (χ3n) is 3.50. The second-order valence-corrected chi connectivity index (χ2v) is 5.65. The van der Waals surface area contributed by atoms with Gasteiger partial charge in [-0.3, -0.25) is 14.4 Å². The number of primary amides is 1. The molecule has 7 heteroatoms. The smallest absolute Gasteiger partial charge is 0.243 e. The van der Waals surface area contributed by atoms with Gasteiger partial charge < -0.3 is 16.4 Å². The molecule has 0 saturated heterocycles. The predicted molar refractivity (Wildman–Crippen MR) is 91.5 cm³/mol. The first-order valence-corrected chi connectivity index (χ1v) is 7.88. The molecule has 0 bridgehead atoms. The molecule has 0 saturated carbocycles. The molecule has 0 spiro atoms. The normalized spacial score (nSPS) is 12.5. The zero-order chi connectivity index (χ0) is 18.8. The molecule has 0 unspecified atom stereocenters. The molecule has 1 rings (SSSR count). The molecule has 0 aromatic heterocycles. The Bertz CT molecular complexity index is 670. The van der Waals surface area contributed by atoms with E-state index in [9.17, 15) is 18.8 Å². The van der Waals surface area contributed by atoms with E-state index in [2.05, 4.69) is 16.6 Å². The highest BCUT2D eigenvalue weighted by atomic mass is 19.1. The van der Waals surface area contributed by atoms with Gasteiger partial charge in [-0.2, -0.15) is 0 Å². The van der Waals surface area contributed by atoms with E-state index in [-0.39, 0.29) is 6.42 Å². The van der Waals surface area contributed by atoms with Gasteiger partial charge >= 0.3 is 0 Å². The first-order valence-electron chi connectivity index (χ1n) is 7.88. The van der Waals surface area contributed by atoms with Crippen molar-refractivity contribution in [2.24, 2.45) is 5.73 Å². The molecular formula is C18H22FN3O3. The molecule has 1 aromatic rings. The number of nitrogens with one attached hydrogen (secondary N) is 2. The van der Waals surface area contributed by atoms with Crippen LogP contribution >= 0.6 is 0 Å². The van der Waals surface area contributed by atoms with Crippen molar-refractivity contribution < 1.29 is 18.8 Å². The summed E-state index contributed by atoms with van der Waals surface area (Å²) in [6, 6.07) is 3.88. The lowest BCUT2D eigenvalue weighted by atomic mass is 10.0. The van der Waals surface area contributed by atoms with Gasteiger partial charge in [0, 0.05) is 19.8 Å². The SMILES string of the molecule is C#CCCC[C@H](NC(=O)[C@@H](Cc1cccc(F)c1)NC(C)=O)C(N)=O. The van der Waals surface area contributed by atoms with Crippen molar-refractivity contribution in [3.8, 4) is 12.3 Å². The van der Waals surface area contributed by atoms with Crippen LogP contribution in [0.4, 0.5) is 4.39 Å². The quantitative estimate of drug-likeness (QED) is 0.451. The Morgan fingerprint density at radius 1 is 1.28 bits per heavy atom. The Morgan fingerprint density at radius 2 is 2.00 bits per heavy atom. The van der Waals surface area contributed by atoms with Gasteiger partial charge in [0.15, 0.2) is 0 Å². The molecule has 2 atom stereocenters. The largest absolute Gasteiger partial charge is 0.368 e. The minimum Gasteiger partial charge on any atom is -0.368 e. The second kappa shape index (κ2) is 10.1. The lowest BCUT2D eigenvalue weighted by Crippen LogP contribution is -2.53. The van der Waals surface area contributed by atoms with Gasteiger partial charge in [0.05, 0.1) is 0 Å². The predicted octanol–water partition coefficient (Wildman–Crippen LogP) is 0.647. The number of amides is 3. The summed E-state index contributed by atoms with van der Waals surface area (Å²) in [5.41, 5.74) is 5.84. The minimum atomic E-state index is -0.950. The average Bonchev–Trinajstić information content (AvgIpc) is 2.52. The number of hydrogen-bond acceptors (Lipinski definition) is 3. The number of hydrogen-bond donors (Lipinski definition) is 3. The summed E-state index contributed by atoms with van der Waals surface area (Å²) >= 11 is 0. The van der Waals surface area contributed by atoms with Gasteiger partial charge in [0.1, 0.15) is 17.9 Å². The highest BCUT2D eigenvalue weighted by molar-refractivity contribution is 5.91. The lowest BCUT2D eigenvalue weighted by molar-refractivity contribution is -0.130. The Morgan fingerprint density at radius 3 is 2.56 bits per heavy atom. The van der Waals surface area contributed by atoms with Gasteiger partial charge in [-0.15, -0.1) is 12.3 Å². The number of terminal acetylenes is 1. The first kappa shape index (κ1) is 20.2. The number of halogens is 1. The van der Waals surface area contributed by atoms with Crippen LogP contribution in [-0.4, -0.2) is 29.8 Å². The third-order valence-corrected chi connectivity index (χ3v) is 3.50. The van der Waals surface area contributed by atoms with Crippen molar-refractivity contribution in [3.05, 3.63) is 35.6 Å². The van der Waals surface area contributed by atoms with Crippen LogP contribution in [0.5, 0.6) is 0 Å². The van der Waals surface area contributed by atoms with Crippen LogP contribution in [0.15, 0.2) is 24.3 Å². The molecule has 1 aromatic carbocycles. The van der Waals surface area contributed by atoms with Crippen molar-refractivity contribution in [2.75, 3.05) is 0 Å². The van der Waals surface area contributed by atoms with Crippen LogP contribution in [-0.2, 0) is 20.8 Å². The van der Waals surface area contributed by atoms with Crippen molar-refractivity contribution >= 4 is 17.7 Å². The fourth-order valence-electron chi connectivity index (χ4n) is 2.32. The Kier molecular flexibility index (Phi) is 8.13. The van der Waals surface area contributed by atoms with Gasteiger partial charge in [0.25, 0.3) is 0 Å². The van der Waals surface area contributed by atoms with Crippen LogP contribution in [0.1, 0.15) is 31.7 Å². The lowest BCUT2D eigenvalue weighted by Gasteiger charge is -2.21. The van der Waals surface area contributed by atoms with E-state index in [1.54, 1.807) is 6.07 Å². The standard InChI is InChI=1S/C18H22FN3O3/c1-3-4-5-9-15(17(20)24)22-18(25)16(21-12(2)23)11-13-7-6-8-14(19)10-13/h1,6-8,10,15-16H,4-5,9,11H2,2H3,(H2,20,24)(H,21,23)(H,22,25)/t15-,16+/m0/s1. The van der Waals surface area contributed by atoms with Crippen molar-refractivity contribution in [1.29, 1.82) is 0 Å². The van der Waals surface area contributed by atoms with Crippen LogP contribution in [0.3, 0.4) is 0 Å². The van der Waals surface area contributed by atoms with Crippen LogP contribution in [0.2, 0.25) is 0 Å². The first-order chi connectivity index (χ1) is 11.8. The second-order valence-electron chi connectivity index (χ2n) is 5.65. The minimum absolute atomic E-state index is 0.0824. The maximum atomic E-state index is 13.3. The molecule has 4 N–H and O–H groups in total. The Balaban J connectivity index is 2.82. The summed E-state index contributed by atoms with van der Waals surface area (Å²) in [5.74, 6) is 0.338. The van der Waals surface area contributed by atoms with Gasteiger partial charge in [-0.25, -0.2) is 4.39 Å². The molecule has 3 amide bonds. The molecule has 0 heterocycles.